The van der Waals surface area contributed by atoms with Crippen LogP contribution in [0.25, 0.3) is 11.1 Å². The maximum absolute atomic E-state index is 11.8. The van der Waals surface area contributed by atoms with Crippen molar-refractivity contribution in [3.05, 3.63) is 95.2 Å². The fourth-order valence-electron chi connectivity index (χ4n) is 2.94. The second-order valence-electron chi connectivity index (χ2n) is 6.92. The summed E-state index contributed by atoms with van der Waals surface area (Å²) in [4.78, 5) is 16.6. The summed E-state index contributed by atoms with van der Waals surface area (Å²) in [5, 5.41) is 0.453. The molecule has 0 radical (unpaired) electrons. The highest BCUT2D eigenvalue weighted by Crippen LogP contribution is 2.26. The molecule has 3 rings (SSSR count). The van der Waals surface area contributed by atoms with Crippen molar-refractivity contribution in [3.8, 4) is 11.1 Å². The molecule has 0 heterocycles. The molecule has 2 N–H and O–H groups in total. The summed E-state index contributed by atoms with van der Waals surface area (Å²) in [5.74, 6) is -0.675. The molecular weight excluding hydrogens is 448 g/mol. The molecule has 0 aliphatic rings. The van der Waals surface area contributed by atoms with Crippen LogP contribution in [0.5, 0.6) is 0 Å². The van der Waals surface area contributed by atoms with E-state index >= 15 is 0 Å². The largest absolute Gasteiger partial charge is 0.464 e. The molecule has 0 unspecified atom stereocenters. The fraction of sp³-hybridized carbons (Fsp3) is 0.0833. The van der Waals surface area contributed by atoms with Crippen LogP contribution >= 0.6 is 11.6 Å². The standard InChI is InChI=1S/C24H21ClN2O4S/c1-31-24(28)22(26)15-23(20-8-3-4-9-21(20)25)27-18-12-10-16(11-13-18)17-6-5-7-19(14-17)32(2,29)30/h3-15H,26H2,1-2H3. The highest BCUT2D eigenvalue weighted by molar-refractivity contribution is 7.90. The van der Waals surface area contributed by atoms with Gasteiger partial charge < -0.3 is 10.5 Å². The monoisotopic (exact) mass is 468 g/mol. The Hall–Kier alpha value is -3.42. The second-order valence-corrected chi connectivity index (χ2v) is 9.34. The molecule has 3 aromatic rings. The van der Waals surface area contributed by atoms with Crippen molar-refractivity contribution in [3.63, 3.8) is 0 Å². The Kier molecular flexibility index (Phi) is 7.12. The zero-order valence-corrected chi connectivity index (χ0v) is 19.0. The first kappa shape index (κ1) is 23.2. The van der Waals surface area contributed by atoms with E-state index in [1.807, 2.05) is 18.2 Å². The number of ether oxygens (including phenoxy) is 1. The number of carbonyl (C=O) groups is 1. The number of nitrogens with two attached hydrogens (primary N) is 1. The second kappa shape index (κ2) is 9.80. The summed E-state index contributed by atoms with van der Waals surface area (Å²) >= 11 is 6.32. The normalized spacial score (nSPS) is 12.5. The van der Waals surface area contributed by atoms with E-state index in [0.29, 0.717) is 22.0 Å². The number of hydrogen-bond acceptors (Lipinski definition) is 6. The average Bonchev–Trinajstić information content (AvgIpc) is 2.78. The van der Waals surface area contributed by atoms with Gasteiger partial charge in [0.05, 0.1) is 23.4 Å². The molecule has 0 bridgehead atoms. The molecule has 0 fully saturated rings. The molecule has 0 saturated heterocycles. The topological polar surface area (TPSA) is 98.8 Å². The molecule has 0 aliphatic carbocycles. The van der Waals surface area contributed by atoms with Crippen LogP contribution in [0.1, 0.15) is 5.56 Å². The van der Waals surface area contributed by atoms with Gasteiger partial charge in [0.25, 0.3) is 0 Å². The fourth-order valence-corrected chi connectivity index (χ4v) is 3.84. The van der Waals surface area contributed by atoms with Crippen LogP contribution in [-0.4, -0.2) is 33.5 Å². The molecular formula is C24H21ClN2O4S. The summed E-state index contributed by atoms with van der Waals surface area (Å²) in [6.45, 7) is 0. The van der Waals surface area contributed by atoms with Crippen LogP contribution in [0.2, 0.25) is 5.02 Å². The minimum Gasteiger partial charge on any atom is -0.464 e. The van der Waals surface area contributed by atoms with Gasteiger partial charge in [-0.2, -0.15) is 0 Å². The highest BCUT2D eigenvalue weighted by Gasteiger charge is 2.12. The Morgan fingerprint density at radius 3 is 2.31 bits per heavy atom. The average molecular weight is 469 g/mol. The summed E-state index contributed by atoms with van der Waals surface area (Å²) in [7, 11) is -2.06. The van der Waals surface area contributed by atoms with Gasteiger partial charge in [-0.25, -0.2) is 18.2 Å². The van der Waals surface area contributed by atoms with Crippen LogP contribution in [0.3, 0.4) is 0 Å². The number of sulfone groups is 1. The van der Waals surface area contributed by atoms with Crippen LogP contribution in [-0.2, 0) is 19.4 Å². The van der Waals surface area contributed by atoms with Crippen molar-refractivity contribution in [2.45, 2.75) is 4.90 Å². The number of esters is 1. The number of aliphatic imine (C=N–C) groups is 1. The SMILES string of the molecule is COC(=O)C(N)=CC(=Nc1ccc(-c2cccc(S(C)(=O)=O)c2)cc1)c1ccccc1Cl. The third kappa shape index (κ3) is 5.63. The third-order valence-corrected chi connectivity index (χ3v) is 6.02. The molecule has 0 saturated carbocycles. The molecule has 0 aromatic heterocycles. The van der Waals surface area contributed by atoms with E-state index in [1.165, 1.54) is 19.4 Å². The van der Waals surface area contributed by atoms with Gasteiger partial charge in [0.2, 0.25) is 0 Å². The Balaban J connectivity index is 2.02. The number of carbonyl (C=O) groups excluding carboxylic acids is 1. The minimum atomic E-state index is -3.30. The molecule has 3 aromatic carbocycles. The lowest BCUT2D eigenvalue weighted by Crippen LogP contribution is -2.15. The lowest BCUT2D eigenvalue weighted by atomic mass is 10.1. The zero-order chi connectivity index (χ0) is 23.3. The van der Waals surface area contributed by atoms with Crippen LogP contribution in [0, 0.1) is 0 Å². The van der Waals surface area contributed by atoms with E-state index < -0.39 is 15.8 Å². The first-order valence-electron chi connectivity index (χ1n) is 9.48. The predicted molar refractivity (Wildman–Crippen MR) is 127 cm³/mol. The maximum Gasteiger partial charge on any atom is 0.353 e. The molecule has 164 valence electrons. The van der Waals surface area contributed by atoms with Crippen molar-refractivity contribution in [2.24, 2.45) is 10.7 Å². The van der Waals surface area contributed by atoms with Crippen LogP contribution < -0.4 is 5.73 Å². The molecule has 0 spiro atoms. The zero-order valence-electron chi connectivity index (χ0n) is 17.4. The van der Waals surface area contributed by atoms with Crippen LogP contribution in [0.15, 0.2) is 94.5 Å². The van der Waals surface area contributed by atoms with Crippen molar-refractivity contribution in [1.82, 2.24) is 0 Å². The Morgan fingerprint density at radius 2 is 1.69 bits per heavy atom. The first-order chi connectivity index (χ1) is 15.2. The number of halogens is 1. The number of allylic oxidation sites excluding steroid dienone is 1. The van der Waals surface area contributed by atoms with Gasteiger partial charge in [0.1, 0.15) is 5.70 Å². The maximum atomic E-state index is 11.8. The lowest BCUT2D eigenvalue weighted by Gasteiger charge is -2.08. The predicted octanol–water partition coefficient (Wildman–Crippen LogP) is 4.55. The highest BCUT2D eigenvalue weighted by atomic mass is 35.5. The van der Waals surface area contributed by atoms with E-state index in [1.54, 1.807) is 54.6 Å². The summed E-state index contributed by atoms with van der Waals surface area (Å²) < 4.78 is 28.3. The van der Waals surface area contributed by atoms with Crippen molar-refractivity contribution >= 4 is 38.8 Å². The number of hydrogen-bond donors (Lipinski definition) is 1. The van der Waals surface area contributed by atoms with Crippen molar-refractivity contribution in [2.75, 3.05) is 13.4 Å². The van der Waals surface area contributed by atoms with E-state index in [4.69, 9.17) is 17.3 Å². The number of methoxy groups -OCH3 is 1. The smallest absolute Gasteiger partial charge is 0.353 e. The lowest BCUT2D eigenvalue weighted by molar-refractivity contribution is -0.136. The number of nitrogens with zero attached hydrogens (tertiary/aromatic N) is 1. The van der Waals surface area contributed by atoms with E-state index in [2.05, 4.69) is 9.73 Å². The quantitative estimate of drug-likeness (QED) is 0.325. The summed E-state index contributed by atoms with van der Waals surface area (Å²) in [6.07, 6.45) is 2.59. The molecule has 0 aliphatic heterocycles. The van der Waals surface area contributed by atoms with Gasteiger partial charge in [-0.1, -0.05) is 54.1 Å². The molecule has 0 amide bonds. The van der Waals surface area contributed by atoms with Crippen LogP contribution in [0.4, 0.5) is 5.69 Å². The minimum absolute atomic E-state index is 0.111. The first-order valence-corrected chi connectivity index (χ1v) is 11.8. The molecule has 32 heavy (non-hydrogen) atoms. The van der Waals surface area contributed by atoms with E-state index in [-0.39, 0.29) is 10.6 Å². The van der Waals surface area contributed by atoms with Gasteiger partial charge in [-0.3, -0.25) is 0 Å². The van der Waals surface area contributed by atoms with Crippen molar-refractivity contribution in [1.29, 1.82) is 0 Å². The summed E-state index contributed by atoms with van der Waals surface area (Å²) in [6, 6.07) is 21.0. The number of benzene rings is 3. The van der Waals surface area contributed by atoms with Crippen molar-refractivity contribution < 1.29 is 17.9 Å². The molecule has 6 nitrogen and oxygen atoms in total. The number of rotatable bonds is 6. The van der Waals surface area contributed by atoms with Gasteiger partial charge in [-0.15, -0.1) is 0 Å². The third-order valence-electron chi connectivity index (χ3n) is 4.58. The van der Waals surface area contributed by atoms with Gasteiger partial charge in [0, 0.05) is 16.8 Å². The molecule has 8 heteroatoms. The van der Waals surface area contributed by atoms with Gasteiger partial charge >= 0.3 is 5.97 Å². The molecule has 0 atom stereocenters. The van der Waals surface area contributed by atoms with Gasteiger partial charge in [0.15, 0.2) is 9.84 Å². The van der Waals surface area contributed by atoms with E-state index in [0.717, 1.165) is 11.1 Å². The van der Waals surface area contributed by atoms with E-state index in [9.17, 15) is 13.2 Å². The Labute approximate surface area is 191 Å². The summed E-state index contributed by atoms with van der Waals surface area (Å²) in [5.41, 5.74) is 8.91. The van der Waals surface area contributed by atoms with Gasteiger partial charge in [-0.05, 0) is 47.5 Å². The Morgan fingerprint density at radius 1 is 1.00 bits per heavy atom. The Bertz CT molecular complexity index is 1310.